The Kier molecular flexibility index (Phi) is 7.06. The molecule has 0 spiro atoms. The van der Waals surface area contributed by atoms with Gasteiger partial charge in [0.05, 0.1) is 12.1 Å². The van der Waals surface area contributed by atoms with Crippen molar-refractivity contribution in [1.29, 1.82) is 0 Å². The Morgan fingerprint density at radius 3 is 2.81 bits per heavy atom. The summed E-state index contributed by atoms with van der Waals surface area (Å²) in [5.41, 5.74) is 5.69. The van der Waals surface area contributed by atoms with Gasteiger partial charge < -0.3 is 11.1 Å². The van der Waals surface area contributed by atoms with E-state index in [1.165, 1.54) is 12.1 Å². The molecule has 0 fully saturated rings. The molecule has 0 aliphatic carbocycles. The molecule has 6 heteroatoms. The summed E-state index contributed by atoms with van der Waals surface area (Å²) in [6.07, 6.45) is 2.19. The zero-order valence-corrected chi connectivity index (χ0v) is 12.9. The van der Waals surface area contributed by atoms with Crippen molar-refractivity contribution in [3.05, 3.63) is 35.1 Å². The molecule has 0 aliphatic heterocycles. The fourth-order valence-electron chi connectivity index (χ4n) is 1.65. The van der Waals surface area contributed by atoms with Gasteiger partial charge in [-0.3, -0.25) is 9.00 Å². The molecule has 1 aromatic carbocycles. The minimum absolute atomic E-state index is 0.0298. The zero-order valence-electron chi connectivity index (χ0n) is 12.1. The van der Waals surface area contributed by atoms with Crippen molar-refractivity contribution in [3.63, 3.8) is 0 Å². The molecule has 2 atom stereocenters. The van der Waals surface area contributed by atoms with E-state index >= 15 is 0 Å². The minimum atomic E-state index is -0.907. The second-order valence-corrected chi connectivity index (χ2v) is 6.20. The third kappa shape index (κ3) is 6.06. The number of carbonyl (C=O) groups is 1. The zero-order chi connectivity index (χ0) is 15.8. The lowest BCUT2D eigenvalue weighted by molar-refractivity contribution is 0.0935. The van der Waals surface area contributed by atoms with Crippen molar-refractivity contribution in [2.75, 3.05) is 18.6 Å². The molecule has 4 nitrogen and oxygen atoms in total. The van der Waals surface area contributed by atoms with Crippen LogP contribution in [0.3, 0.4) is 0 Å². The van der Waals surface area contributed by atoms with Crippen molar-refractivity contribution in [3.8, 4) is 11.8 Å². The maximum atomic E-state index is 13.9. The maximum absolute atomic E-state index is 13.9. The number of nitrogens with one attached hydrogen (secondary N) is 1. The standard InChI is InChI=1S/C15H19FN2O2S/c1-11(7-9-21(2)20)18-15(19)13-6-5-12(4-3-8-17)10-14(13)16/h5-6,10-11H,7-9,17H2,1-2H3,(H,18,19). The van der Waals surface area contributed by atoms with Crippen molar-refractivity contribution >= 4 is 16.7 Å². The van der Waals surface area contributed by atoms with Crippen LogP contribution in [0.2, 0.25) is 0 Å². The molecular formula is C15H19FN2O2S. The molecule has 2 unspecified atom stereocenters. The number of amides is 1. The SMILES string of the molecule is CC(CCS(C)=O)NC(=O)c1ccc(C#CCN)cc1F. The van der Waals surface area contributed by atoms with E-state index in [1.807, 2.05) is 0 Å². The topological polar surface area (TPSA) is 72.2 Å². The van der Waals surface area contributed by atoms with Gasteiger partial charge in [0, 0.05) is 34.4 Å². The van der Waals surface area contributed by atoms with Gasteiger partial charge in [0.15, 0.2) is 0 Å². The Balaban J connectivity index is 2.72. The Morgan fingerprint density at radius 2 is 2.24 bits per heavy atom. The molecule has 0 saturated carbocycles. The van der Waals surface area contributed by atoms with Gasteiger partial charge in [-0.05, 0) is 31.5 Å². The summed E-state index contributed by atoms with van der Waals surface area (Å²) in [6.45, 7) is 1.99. The number of rotatable bonds is 5. The average Bonchev–Trinajstić information content (AvgIpc) is 2.42. The van der Waals surface area contributed by atoms with E-state index in [2.05, 4.69) is 17.2 Å². The van der Waals surface area contributed by atoms with E-state index in [4.69, 9.17) is 5.73 Å². The van der Waals surface area contributed by atoms with Crippen LogP contribution in [0.15, 0.2) is 18.2 Å². The highest BCUT2D eigenvalue weighted by Gasteiger charge is 2.14. The summed E-state index contributed by atoms with van der Waals surface area (Å²) in [6, 6.07) is 4.02. The number of hydrogen-bond acceptors (Lipinski definition) is 3. The van der Waals surface area contributed by atoms with Crippen molar-refractivity contribution in [2.45, 2.75) is 19.4 Å². The fourth-order valence-corrected chi connectivity index (χ4v) is 2.33. The molecule has 0 aromatic heterocycles. The highest BCUT2D eigenvalue weighted by atomic mass is 32.2. The molecule has 0 aliphatic rings. The van der Waals surface area contributed by atoms with Gasteiger partial charge in [-0.15, -0.1) is 0 Å². The van der Waals surface area contributed by atoms with Crippen LogP contribution in [-0.4, -0.2) is 34.7 Å². The molecule has 0 bridgehead atoms. The van der Waals surface area contributed by atoms with Crippen LogP contribution in [0.25, 0.3) is 0 Å². The number of benzene rings is 1. The molecule has 1 rings (SSSR count). The average molecular weight is 310 g/mol. The first-order valence-corrected chi connectivity index (χ1v) is 8.26. The second-order valence-electron chi connectivity index (χ2n) is 4.64. The number of nitrogens with two attached hydrogens (primary N) is 1. The van der Waals surface area contributed by atoms with Crippen LogP contribution < -0.4 is 11.1 Å². The van der Waals surface area contributed by atoms with Gasteiger partial charge >= 0.3 is 0 Å². The number of carbonyl (C=O) groups excluding carboxylic acids is 1. The molecule has 1 aromatic rings. The Morgan fingerprint density at radius 1 is 1.52 bits per heavy atom. The van der Waals surface area contributed by atoms with Crippen molar-refractivity contribution < 1.29 is 13.4 Å². The molecular weight excluding hydrogens is 291 g/mol. The summed E-state index contributed by atoms with van der Waals surface area (Å²) in [5, 5.41) is 2.69. The fraction of sp³-hybridized carbons (Fsp3) is 0.400. The van der Waals surface area contributed by atoms with E-state index in [9.17, 15) is 13.4 Å². The largest absolute Gasteiger partial charge is 0.349 e. The van der Waals surface area contributed by atoms with Crippen molar-refractivity contribution in [2.24, 2.45) is 5.73 Å². The van der Waals surface area contributed by atoms with Crippen LogP contribution in [0, 0.1) is 17.7 Å². The lowest BCUT2D eigenvalue weighted by atomic mass is 10.1. The Bertz CT molecular complexity index is 593. The second kappa shape index (κ2) is 8.55. The van der Waals surface area contributed by atoms with Gasteiger partial charge in [-0.1, -0.05) is 11.8 Å². The van der Waals surface area contributed by atoms with Crippen LogP contribution in [0.5, 0.6) is 0 Å². The first kappa shape index (κ1) is 17.3. The summed E-state index contributed by atoms with van der Waals surface area (Å²) in [7, 11) is -0.907. The summed E-state index contributed by atoms with van der Waals surface area (Å²) >= 11 is 0. The molecule has 0 saturated heterocycles. The number of halogens is 1. The Labute approximate surface area is 126 Å². The first-order valence-electron chi connectivity index (χ1n) is 6.53. The maximum Gasteiger partial charge on any atom is 0.254 e. The van der Waals surface area contributed by atoms with Gasteiger partial charge in [-0.2, -0.15) is 0 Å². The van der Waals surface area contributed by atoms with Crippen LogP contribution in [0.1, 0.15) is 29.3 Å². The smallest absolute Gasteiger partial charge is 0.254 e. The van der Waals surface area contributed by atoms with E-state index in [-0.39, 0.29) is 18.2 Å². The van der Waals surface area contributed by atoms with Gasteiger partial charge in [-0.25, -0.2) is 4.39 Å². The minimum Gasteiger partial charge on any atom is -0.349 e. The van der Waals surface area contributed by atoms with E-state index < -0.39 is 22.5 Å². The normalized spacial score (nSPS) is 13.0. The molecule has 21 heavy (non-hydrogen) atoms. The van der Waals surface area contributed by atoms with Gasteiger partial charge in [0.1, 0.15) is 5.82 Å². The summed E-state index contributed by atoms with van der Waals surface area (Å²) in [4.78, 5) is 12.0. The quantitative estimate of drug-likeness (QED) is 0.798. The van der Waals surface area contributed by atoms with Gasteiger partial charge in [0.2, 0.25) is 0 Å². The molecule has 0 radical (unpaired) electrons. The highest BCUT2D eigenvalue weighted by Crippen LogP contribution is 2.10. The third-order valence-corrected chi connectivity index (χ3v) is 3.57. The van der Waals surface area contributed by atoms with E-state index in [1.54, 1.807) is 19.2 Å². The molecule has 3 N–H and O–H groups in total. The molecule has 0 heterocycles. The summed E-state index contributed by atoms with van der Waals surface area (Å²) < 4.78 is 24.9. The first-order chi connectivity index (χ1) is 9.93. The summed E-state index contributed by atoms with van der Waals surface area (Å²) in [5.74, 6) is 4.72. The monoisotopic (exact) mass is 310 g/mol. The van der Waals surface area contributed by atoms with Crippen molar-refractivity contribution in [1.82, 2.24) is 5.32 Å². The predicted octanol–water partition coefficient (Wildman–Crippen LogP) is 1.02. The van der Waals surface area contributed by atoms with Crippen LogP contribution in [0.4, 0.5) is 4.39 Å². The highest BCUT2D eigenvalue weighted by molar-refractivity contribution is 7.84. The lowest BCUT2D eigenvalue weighted by Gasteiger charge is -2.13. The van der Waals surface area contributed by atoms with Crippen LogP contribution >= 0.6 is 0 Å². The number of hydrogen-bond donors (Lipinski definition) is 2. The Hall–Kier alpha value is -1.71. The van der Waals surface area contributed by atoms with Crippen LogP contribution in [-0.2, 0) is 10.8 Å². The van der Waals surface area contributed by atoms with Gasteiger partial charge in [0.25, 0.3) is 5.91 Å². The third-order valence-electron chi connectivity index (χ3n) is 2.76. The van der Waals surface area contributed by atoms with E-state index in [0.29, 0.717) is 17.7 Å². The predicted molar refractivity (Wildman–Crippen MR) is 82.8 cm³/mol. The molecule has 114 valence electrons. The lowest BCUT2D eigenvalue weighted by Crippen LogP contribution is -2.34. The van der Waals surface area contributed by atoms with E-state index in [0.717, 1.165) is 0 Å². The molecule has 1 amide bonds.